The first-order chi connectivity index (χ1) is 12.1. The van der Waals surface area contributed by atoms with Gasteiger partial charge in [0.1, 0.15) is 18.2 Å². The number of aldehydes is 1. The van der Waals surface area contributed by atoms with Crippen molar-refractivity contribution in [3.8, 4) is 0 Å². The van der Waals surface area contributed by atoms with E-state index >= 15 is 0 Å². The van der Waals surface area contributed by atoms with Crippen molar-refractivity contribution in [3.63, 3.8) is 0 Å². The van der Waals surface area contributed by atoms with Crippen LogP contribution in [0.5, 0.6) is 0 Å². The third-order valence-electron chi connectivity index (χ3n) is 3.95. The second kappa shape index (κ2) is 12.2. The van der Waals surface area contributed by atoms with E-state index in [2.05, 4.69) is 28.0 Å². The van der Waals surface area contributed by atoms with Gasteiger partial charge < -0.3 is 20.7 Å². The number of allylic oxidation sites excluding steroid dienone is 1. The lowest BCUT2D eigenvalue weighted by Gasteiger charge is -2.20. The van der Waals surface area contributed by atoms with E-state index in [0.29, 0.717) is 18.1 Å². The summed E-state index contributed by atoms with van der Waals surface area (Å²) in [5.41, 5.74) is 2.16. The van der Waals surface area contributed by atoms with Crippen molar-refractivity contribution in [2.24, 2.45) is 4.99 Å². The standard InChI is InChI=1S/C10H14N4O3.C7H15N/c1-7(6-15)13-9-5-11-8(4-12-9)2-3-10(16)14-17;1-8-7-5-3-2-4-6-7/h2-4,6-7,11,17H,5H2,1H3,(H,12,13)(H,14,16);7-8H,2-6H2,1H3/b3-2+;. The van der Waals surface area contributed by atoms with Crippen LogP contribution in [0.15, 0.2) is 29.0 Å². The quantitative estimate of drug-likeness (QED) is 0.215. The molecule has 2 aliphatic rings. The van der Waals surface area contributed by atoms with Crippen molar-refractivity contribution in [2.75, 3.05) is 13.6 Å². The van der Waals surface area contributed by atoms with Crippen molar-refractivity contribution in [1.82, 2.24) is 21.4 Å². The topological polar surface area (TPSA) is 115 Å². The summed E-state index contributed by atoms with van der Waals surface area (Å²) in [5, 5.41) is 17.5. The highest BCUT2D eigenvalue weighted by Crippen LogP contribution is 2.16. The molecule has 2 rings (SSSR count). The van der Waals surface area contributed by atoms with Crippen LogP contribution in [0.1, 0.15) is 39.0 Å². The van der Waals surface area contributed by atoms with Gasteiger partial charge in [-0.2, -0.15) is 0 Å². The lowest BCUT2D eigenvalue weighted by atomic mass is 9.96. The molecule has 8 nitrogen and oxygen atoms in total. The lowest BCUT2D eigenvalue weighted by molar-refractivity contribution is -0.124. The lowest BCUT2D eigenvalue weighted by Crippen LogP contribution is -2.37. The zero-order valence-corrected chi connectivity index (χ0v) is 14.9. The first-order valence-corrected chi connectivity index (χ1v) is 8.61. The highest BCUT2D eigenvalue weighted by molar-refractivity contribution is 5.89. The van der Waals surface area contributed by atoms with E-state index in [1.54, 1.807) is 13.1 Å². The number of amides is 1. The second-order valence-electron chi connectivity index (χ2n) is 5.98. The van der Waals surface area contributed by atoms with E-state index < -0.39 is 5.91 Å². The molecule has 0 aromatic heterocycles. The molecule has 1 amide bonds. The number of hydroxylamine groups is 1. The van der Waals surface area contributed by atoms with Crippen LogP contribution in [0.4, 0.5) is 0 Å². The zero-order chi connectivity index (χ0) is 18.5. The van der Waals surface area contributed by atoms with Crippen LogP contribution in [0.25, 0.3) is 0 Å². The van der Waals surface area contributed by atoms with Gasteiger partial charge in [-0.25, -0.2) is 5.48 Å². The Morgan fingerprint density at radius 2 is 2.12 bits per heavy atom. The van der Waals surface area contributed by atoms with Crippen LogP contribution >= 0.6 is 0 Å². The normalized spacial score (nSPS) is 20.6. The van der Waals surface area contributed by atoms with Gasteiger partial charge in [-0.3, -0.25) is 15.0 Å². The van der Waals surface area contributed by atoms with E-state index in [4.69, 9.17) is 5.21 Å². The maximum Gasteiger partial charge on any atom is 0.267 e. The average molecular weight is 351 g/mol. The molecule has 140 valence electrons. The van der Waals surface area contributed by atoms with E-state index in [9.17, 15) is 9.59 Å². The fourth-order valence-corrected chi connectivity index (χ4v) is 2.51. The Morgan fingerprint density at radius 3 is 2.60 bits per heavy atom. The third kappa shape index (κ3) is 9.02. The predicted octanol–water partition coefficient (Wildman–Crippen LogP) is 0.607. The molecule has 0 radical (unpaired) electrons. The number of carbonyl (C=O) groups is 2. The van der Waals surface area contributed by atoms with E-state index in [1.807, 2.05) is 0 Å². The first-order valence-electron chi connectivity index (χ1n) is 8.61. The van der Waals surface area contributed by atoms with Crippen molar-refractivity contribution in [1.29, 1.82) is 0 Å². The Morgan fingerprint density at radius 1 is 1.40 bits per heavy atom. The fourth-order valence-electron chi connectivity index (χ4n) is 2.51. The largest absolute Gasteiger partial charge is 0.377 e. The summed E-state index contributed by atoms with van der Waals surface area (Å²) in [7, 11) is 2.07. The van der Waals surface area contributed by atoms with Crippen LogP contribution in [0.3, 0.4) is 0 Å². The van der Waals surface area contributed by atoms with Crippen LogP contribution in [0.2, 0.25) is 0 Å². The van der Waals surface area contributed by atoms with Gasteiger partial charge in [0.15, 0.2) is 0 Å². The van der Waals surface area contributed by atoms with Gasteiger partial charge >= 0.3 is 0 Å². The van der Waals surface area contributed by atoms with Crippen LogP contribution in [0, 0.1) is 0 Å². The van der Waals surface area contributed by atoms with Gasteiger partial charge in [0.25, 0.3) is 5.91 Å². The van der Waals surface area contributed by atoms with Crippen LogP contribution in [-0.4, -0.2) is 48.9 Å². The Kier molecular flexibility index (Phi) is 10.2. The molecule has 1 heterocycles. The smallest absolute Gasteiger partial charge is 0.267 e. The Balaban J connectivity index is 0.000000324. The minimum Gasteiger partial charge on any atom is -0.377 e. The van der Waals surface area contributed by atoms with Gasteiger partial charge in [-0.15, -0.1) is 0 Å². The number of hydrogen-bond donors (Lipinski definition) is 5. The molecule has 8 heteroatoms. The van der Waals surface area contributed by atoms with Gasteiger partial charge in [0.2, 0.25) is 0 Å². The summed E-state index contributed by atoms with van der Waals surface area (Å²) >= 11 is 0. The molecule has 0 spiro atoms. The monoisotopic (exact) mass is 351 g/mol. The summed E-state index contributed by atoms with van der Waals surface area (Å²) in [6, 6.07) is 0.453. The van der Waals surface area contributed by atoms with Gasteiger partial charge in [-0.1, -0.05) is 19.3 Å². The molecule has 5 N–H and O–H groups in total. The van der Waals surface area contributed by atoms with E-state index in [0.717, 1.165) is 12.3 Å². The van der Waals surface area contributed by atoms with Crippen molar-refractivity contribution >= 4 is 18.0 Å². The van der Waals surface area contributed by atoms with Crippen molar-refractivity contribution in [2.45, 2.75) is 51.1 Å². The molecule has 1 atom stereocenters. The highest BCUT2D eigenvalue weighted by atomic mass is 16.5. The Labute approximate surface area is 148 Å². The van der Waals surface area contributed by atoms with Gasteiger partial charge in [-0.05, 0) is 32.9 Å². The minimum absolute atomic E-state index is 0.384. The van der Waals surface area contributed by atoms with E-state index in [1.165, 1.54) is 49.7 Å². The maximum atomic E-state index is 10.7. The summed E-state index contributed by atoms with van der Waals surface area (Å²) in [5.74, 6) is 0.0371. The summed E-state index contributed by atoms with van der Waals surface area (Å²) in [4.78, 5) is 25.2. The van der Waals surface area contributed by atoms with Gasteiger partial charge in [0, 0.05) is 18.3 Å². The second-order valence-corrected chi connectivity index (χ2v) is 5.98. The molecule has 25 heavy (non-hydrogen) atoms. The summed E-state index contributed by atoms with van der Waals surface area (Å²) in [6.07, 6.45) is 12.2. The Bertz CT molecular complexity index is 510. The molecule has 1 saturated carbocycles. The number of carbonyl (C=O) groups excluding carboxylic acids is 2. The van der Waals surface area contributed by atoms with Crippen molar-refractivity contribution < 1.29 is 14.8 Å². The number of aliphatic imine (C=N–C) groups is 1. The number of rotatable bonds is 5. The van der Waals surface area contributed by atoms with E-state index in [-0.39, 0.29) is 6.04 Å². The summed E-state index contributed by atoms with van der Waals surface area (Å²) in [6.45, 7) is 2.13. The van der Waals surface area contributed by atoms with Crippen LogP contribution in [-0.2, 0) is 9.59 Å². The number of nitrogens with zero attached hydrogens (tertiary/aromatic N) is 1. The highest BCUT2D eigenvalue weighted by Gasteiger charge is 2.09. The first kappa shape index (κ1) is 20.9. The molecule has 1 unspecified atom stereocenters. The molecule has 1 fully saturated rings. The molecular formula is C17H29N5O3. The molecular weight excluding hydrogens is 322 g/mol. The number of nitrogens with one attached hydrogen (secondary N) is 4. The Hall–Kier alpha value is -2.19. The van der Waals surface area contributed by atoms with Crippen LogP contribution < -0.4 is 21.4 Å². The number of hydrogen-bond acceptors (Lipinski definition) is 6. The minimum atomic E-state index is -0.609. The predicted molar refractivity (Wildman–Crippen MR) is 97.2 cm³/mol. The molecule has 0 aromatic rings. The molecule has 0 aromatic carbocycles. The molecule has 1 aliphatic carbocycles. The molecule has 0 bridgehead atoms. The summed E-state index contributed by atoms with van der Waals surface area (Å²) < 4.78 is 0. The number of amidine groups is 1. The molecule has 0 saturated heterocycles. The zero-order valence-electron chi connectivity index (χ0n) is 14.9. The van der Waals surface area contributed by atoms with Gasteiger partial charge in [0.05, 0.1) is 12.2 Å². The maximum absolute atomic E-state index is 10.7. The molecule has 1 aliphatic heterocycles. The SMILES string of the molecule is CC(C=O)N=C1CNC(/C=C/C(=O)NO)=CN1.CNC1CCCCC1. The van der Waals surface area contributed by atoms with Crippen molar-refractivity contribution in [3.05, 3.63) is 24.0 Å². The average Bonchev–Trinajstić information content (AvgIpc) is 2.68. The fraction of sp³-hybridized carbons (Fsp3) is 0.588. The third-order valence-corrected chi connectivity index (χ3v) is 3.95.